The first kappa shape index (κ1) is 21.2. The Morgan fingerprint density at radius 2 is 1.53 bits per heavy atom. The Morgan fingerprint density at radius 3 is 2.27 bits per heavy atom. The van der Waals surface area contributed by atoms with Crippen LogP contribution in [-0.2, 0) is 11.2 Å². The van der Waals surface area contributed by atoms with Crippen LogP contribution >= 0.6 is 12.2 Å². The summed E-state index contributed by atoms with van der Waals surface area (Å²) in [7, 11) is 0. The van der Waals surface area contributed by atoms with Gasteiger partial charge in [0.25, 0.3) is 5.91 Å². The molecule has 3 aromatic carbocycles. The summed E-state index contributed by atoms with van der Waals surface area (Å²) in [6.45, 7) is 4.02. The van der Waals surface area contributed by atoms with Crippen LogP contribution in [0.3, 0.4) is 0 Å². The molecule has 0 aliphatic heterocycles. The van der Waals surface area contributed by atoms with E-state index >= 15 is 0 Å². The molecule has 0 bridgehead atoms. The largest absolute Gasteiger partial charge is 0.332 e. The van der Waals surface area contributed by atoms with Gasteiger partial charge < -0.3 is 16.0 Å². The lowest BCUT2D eigenvalue weighted by molar-refractivity contribution is -0.119. The quantitative estimate of drug-likeness (QED) is 0.530. The fourth-order valence-corrected chi connectivity index (χ4v) is 3.14. The average Bonchev–Trinajstić information content (AvgIpc) is 2.71. The maximum absolute atomic E-state index is 12.8. The molecule has 0 aromatic heterocycles. The molecular weight excluding hydrogens is 394 g/mol. The van der Waals surface area contributed by atoms with Crippen molar-refractivity contribution in [2.24, 2.45) is 0 Å². The minimum Gasteiger partial charge on any atom is -0.332 e. The maximum Gasteiger partial charge on any atom is 0.257 e. The number of para-hydroxylation sites is 1. The maximum atomic E-state index is 12.8. The first-order valence-electron chi connectivity index (χ1n) is 9.55. The van der Waals surface area contributed by atoms with Crippen LogP contribution in [-0.4, -0.2) is 16.9 Å². The highest BCUT2D eigenvalue weighted by atomic mass is 32.1. The van der Waals surface area contributed by atoms with Gasteiger partial charge in [-0.05, 0) is 67.0 Å². The van der Waals surface area contributed by atoms with Crippen molar-refractivity contribution in [3.05, 3.63) is 95.1 Å². The zero-order valence-electron chi connectivity index (χ0n) is 16.9. The molecule has 0 saturated carbocycles. The van der Waals surface area contributed by atoms with E-state index in [1.165, 1.54) is 0 Å². The van der Waals surface area contributed by atoms with E-state index < -0.39 is 0 Å². The van der Waals surface area contributed by atoms with Gasteiger partial charge in [-0.2, -0.15) is 0 Å². The van der Waals surface area contributed by atoms with Crippen LogP contribution in [0.4, 0.5) is 11.4 Å². The Bertz CT molecular complexity index is 1080. The molecule has 5 nitrogen and oxygen atoms in total. The average molecular weight is 418 g/mol. The lowest BCUT2D eigenvalue weighted by Crippen LogP contribution is -2.35. The number of carbonyl (C=O) groups is 2. The van der Waals surface area contributed by atoms with Crippen LogP contribution in [0.5, 0.6) is 0 Å². The number of thiocarbonyl (C=S) groups is 1. The number of aryl methyl sites for hydroxylation is 2. The second kappa shape index (κ2) is 9.80. The molecule has 30 heavy (non-hydrogen) atoms. The van der Waals surface area contributed by atoms with E-state index in [0.29, 0.717) is 11.3 Å². The summed E-state index contributed by atoms with van der Waals surface area (Å²) >= 11 is 5.26. The first-order chi connectivity index (χ1) is 14.4. The molecule has 0 saturated heterocycles. The van der Waals surface area contributed by atoms with Crippen molar-refractivity contribution < 1.29 is 9.59 Å². The zero-order chi connectivity index (χ0) is 21.5. The van der Waals surface area contributed by atoms with E-state index in [2.05, 4.69) is 16.0 Å². The summed E-state index contributed by atoms with van der Waals surface area (Å²) in [4.78, 5) is 25.0. The minimum absolute atomic E-state index is 0.141. The number of rotatable bonds is 5. The van der Waals surface area contributed by atoms with E-state index in [4.69, 9.17) is 12.2 Å². The number of hydrogen-bond donors (Lipinski definition) is 3. The third kappa shape index (κ3) is 5.75. The van der Waals surface area contributed by atoms with Crippen molar-refractivity contribution in [3.63, 3.8) is 0 Å². The van der Waals surface area contributed by atoms with Gasteiger partial charge >= 0.3 is 0 Å². The highest BCUT2D eigenvalue weighted by Crippen LogP contribution is 2.19. The Labute approximate surface area is 181 Å². The molecular formula is C24H23N3O2S. The molecule has 3 N–H and O–H groups in total. The summed E-state index contributed by atoms with van der Waals surface area (Å²) in [5.74, 6) is -0.490. The van der Waals surface area contributed by atoms with Crippen LogP contribution in [0.25, 0.3) is 0 Å². The highest BCUT2D eigenvalue weighted by Gasteiger charge is 2.14. The van der Waals surface area contributed by atoms with Gasteiger partial charge in [-0.3, -0.25) is 9.59 Å². The van der Waals surface area contributed by atoms with Gasteiger partial charge in [-0.15, -0.1) is 0 Å². The SMILES string of the molecule is Cc1ccc(NC(=O)c2ccccc2NC(=S)NC(=O)Cc2ccccc2)cc1C. The van der Waals surface area contributed by atoms with Crippen molar-refractivity contribution >= 4 is 40.5 Å². The Morgan fingerprint density at radius 1 is 0.833 bits per heavy atom. The fraction of sp³-hybridized carbons (Fsp3) is 0.125. The predicted molar refractivity (Wildman–Crippen MR) is 125 cm³/mol. The second-order valence-electron chi connectivity index (χ2n) is 6.96. The molecule has 0 aliphatic carbocycles. The normalized spacial score (nSPS) is 10.2. The van der Waals surface area contributed by atoms with Crippen LogP contribution in [0, 0.1) is 13.8 Å². The van der Waals surface area contributed by atoms with E-state index in [1.807, 2.05) is 62.4 Å². The molecule has 3 aromatic rings. The molecule has 152 valence electrons. The summed E-state index contributed by atoms with van der Waals surface area (Å²) in [5, 5.41) is 8.65. The van der Waals surface area contributed by atoms with Gasteiger partial charge in [-0.1, -0.05) is 48.5 Å². The molecule has 0 atom stereocenters. The summed E-state index contributed by atoms with van der Waals surface area (Å²) in [6, 6.07) is 22.2. The molecule has 2 amide bonds. The third-order valence-electron chi connectivity index (χ3n) is 4.65. The molecule has 0 unspecified atom stereocenters. The number of amides is 2. The van der Waals surface area contributed by atoms with Crippen LogP contribution in [0.1, 0.15) is 27.0 Å². The third-order valence-corrected chi connectivity index (χ3v) is 4.85. The second-order valence-corrected chi connectivity index (χ2v) is 7.37. The number of hydrogen-bond acceptors (Lipinski definition) is 3. The van der Waals surface area contributed by atoms with Crippen LogP contribution in [0.15, 0.2) is 72.8 Å². The zero-order valence-corrected chi connectivity index (χ0v) is 17.7. The Kier molecular flexibility index (Phi) is 6.93. The van der Waals surface area contributed by atoms with Crippen LogP contribution in [0.2, 0.25) is 0 Å². The number of carbonyl (C=O) groups excluding carboxylic acids is 2. The van der Waals surface area contributed by atoms with Crippen molar-refractivity contribution in [2.45, 2.75) is 20.3 Å². The highest BCUT2D eigenvalue weighted by molar-refractivity contribution is 7.80. The van der Waals surface area contributed by atoms with Gasteiger partial charge in [0.15, 0.2) is 5.11 Å². The van der Waals surface area contributed by atoms with Crippen molar-refractivity contribution in [3.8, 4) is 0 Å². The van der Waals surface area contributed by atoms with Crippen molar-refractivity contribution in [2.75, 3.05) is 10.6 Å². The minimum atomic E-state index is -0.264. The topological polar surface area (TPSA) is 70.2 Å². The number of benzene rings is 3. The molecule has 3 rings (SSSR count). The van der Waals surface area contributed by atoms with E-state index in [-0.39, 0.29) is 23.3 Å². The van der Waals surface area contributed by atoms with E-state index in [9.17, 15) is 9.59 Å². The number of anilines is 2. The summed E-state index contributed by atoms with van der Waals surface area (Å²) in [6.07, 6.45) is 0.220. The van der Waals surface area contributed by atoms with Crippen LogP contribution < -0.4 is 16.0 Å². The summed E-state index contributed by atoms with van der Waals surface area (Å²) in [5.41, 5.74) is 4.81. The Hall–Kier alpha value is -3.51. The molecule has 0 radical (unpaired) electrons. The molecule has 0 heterocycles. The monoisotopic (exact) mass is 417 g/mol. The van der Waals surface area contributed by atoms with E-state index in [0.717, 1.165) is 22.4 Å². The standard InChI is InChI=1S/C24H23N3O2S/c1-16-12-13-19(14-17(16)2)25-23(29)20-10-6-7-11-21(20)26-24(30)27-22(28)15-18-8-4-3-5-9-18/h3-14H,15H2,1-2H3,(H,25,29)(H2,26,27,28,30). The van der Waals surface area contributed by atoms with E-state index in [1.54, 1.807) is 24.3 Å². The van der Waals surface area contributed by atoms with Gasteiger partial charge in [0.2, 0.25) is 5.91 Å². The first-order valence-corrected chi connectivity index (χ1v) is 9.95. The molecule has 6 heteroatoms. The lowest BCUT2D eigenvalue weighted by atomic mass is 10.1. The lowest BCUT2D eigenvalue weighted by Gasteiger charge is -2.14. The predicted octanol–water partition coefficient (Wildman–Crippen LogP) is 4.61. The Balaban J connectivity index is 1.65. The summed E-state index contributed by atoms with van der Waals surface area (Å²) < 4.78 is 0. The smallest absolute Gasteiger partial charge is 0.257 e. The van der Waals surface area contributed by atoms with Gasteiger partial charge in [0.05, 0.1) is 17.7 Å². The molecule has 0 aliphatic rings. The van der Waals surface area contributed by atoms with Gasteiger partial charge in [0, 0.05) is 5.69 Å². The fourth-order valence-electron chi connectivity index (χ4n) is 2.91. The molecule has 0 spiro atoms. The van der Waals surface area contributed by atoms with Crippen molar-refractivity contribution in [1.82, 2.24) is 5.32 Å². The molecule has 0 fully saturated rings. The van der Waals surface area contributed by atoms with Gasteiger partial charge in [0.1, 0.15) is 0 Å². The van der Waals surface area contributed by atoms with Gasteiger partial charge in [-0.25, -0.2) is 0 Å². The van der Waals surface area contributed by atoms with Crippen molar-refractivity contribution in [1.29, 1.82) is 0 Å². The number of nitrogens with one attached hydrogen (secondary N) is 3.